The quantitative estimate of drug-likeness (QED) is 0.780. The van der Waals surface area contributed by atoms with E-state index in [2.05, 4.69) is 4.98 Å². The van der Waals surface area contributed by atoms with Gasteiger partial charge in [-0.15, -0.1) is 0 Å². The average molecular weight is 307 g/mol. The summed E-state index contributed by atoms with van der Waals surface area (Å²) < 4.78 is 5.62. The van der Waals surface area contributed by atoms with E-state index in [1.165, 1.54) is 0 Å². The maximum absolute atomic E-state index is 11.1. The van der Waals surface area contributed by atoms with Crippen LogP contribution in [0.3, 0.4) is 0 Å². The Hall–Kier alpha value is -2.04. The van der Waals surface area contributed by atoms with Crippen LogP contribution >= 0.6 is 23.2 Å². The number of halogens is 2. The molecular weight excluding hydrogens is 299 g/mol. The van der Waals surface area contributed by atoms with E-state index < -0.39 is 5.91 Å². The van der Waals surface area contributed by atoms with Gasteiger partial charge in [0.2, 0.25) is 11.8 Å². The summed E-state index contributed by atoms with van der Waals surface area (Å²) in [5.74, 6) is -0.149. The van der Waals surface area contributed by atoms with E-state index in [-0.39, 0.29) is 0 Å². The molecule has 0 fully saturated rings. The Labute approximate surface area is 124 Å². The highest BCUT2D eigenvalue weighted by molar-refractivity contribution is 6.36. The summed E-state index contributed by atoms with van der Waals surface area (Å²) in [6.07, 6.45) is 0. The second kappa shape index (κ2) is 4.81. The van der Waals surface area contributed by atoms with Gasteiger partial charge in [-0.05, 0) is 36.4 Å². The predicted octanol–water partition coefficient (Wildman–Crippen LogP) is 3.90. The van der Waals surface area contributed by atoms with Gasteiger partial charge in [0.25, 0.3) is 0 Å². The van der Waals surface area contributed by atoms with E-state index in [4.69, 9.17) is 33.4 Å². The molecular formula is C14H8Cl2N2O2. The fraction of sp³-hybridized carbons (Fsp3) is 0. The van der Waals surface area contributed by atoms with Crippen LogP contribution in [0.2, 0.25) is 10.0 Å². The predicted molar refractivity (Wildman–Crippen MR) is 78.0 cm³/mol. The highest BCUT2D eigenvalue weighted by atomic mass is 35.5. The summed E-state index contributed by atoms with van der Waals surface area (Å²) >= 11 is 12.0. The number of hydrogen-bond acceptors (Lipinski definition) is 3. The molecule has 1 amide bonds. The normalized spacial score (nSPS) is 10.9. The monoisotopic (exact) mass is 306 g/mol. The van der Waals surface area contributed by atoms with E-state index in [0.717, 1.165) is 0 Å². The second-order valence-corrected chi connectivity index (χ2v) is 5.03. The molecule has 3 aromatic rings. The second-order valence-electron chi connectivity index (χ2n) is 4.19. The zero-order valence-electron chi connectivity index (χ0n) is 10.1. The van der Waals surface area contributed by atoms with E-state index in [1.54, 1.807) is 36.4 Å². The van der Waals surface area contributed by atoms with Gasteiger partial charge >= 0.3 is 0 Å². The number of carbonyl (C=O) groups excluding carboxylic acids is 1. The van der Waals surface area contributed by atoms with Crippen LogP contribution in [-0.2, 0) is 0 Å². The third-order valence-electron chi connectivity index (χ3n) is 2.83. The molecule has 0 radical (unpaired) electrons. The third-order valence-corrected chi connectivity index (χ3v) is 3.38. The largest absolute Gasteiger partial charge is 0.436 e. The smallest absolute Gasteiger partial charge is 0.248 e. The fourth-order valence-corrected chi connectivity index (χ4v) is 2.35. The first-order valence-electron chi connectivity index (χ1n) is 5.70. The lowest BCUT2D eigenvalue weighted by molar-refractivity contribution is 0.100. The molecule has 0 aliphatic rings. The van der Waals surface area contributed by atoms with Crippen molar-refractivity contribution in [1.82, 2.24) is 4.98 Å². The zero-order chi connectivity index (χ0) is 14.3. The number of oxazole rings is 1. The van der Waals surface area contributed by atoms with Crippen LogP contribution in [0.1, 0.15) is 10.4 Å². The van der Waals surface area contributed by atoms with Crippen molar-refractivity contribution in [2.75, 3.05) is 0 Å². The van der Waals surface area contributed by atoms with Crippen molar-refractivity contribution in [3.63, 3.8) is 0 Å². The first-order chi connectivity index (χ1) is 9.54. The molecule has 0 atom stereocenters. The highest BCUT2D eigenvalue weighted by Gasteiger charge is 2.13. The van der Waals surface area contributed by atoms with Crippen molar-refractivity contribution in [1.29, 1.82) is 0 Å². The van der Waals surface area contributed by atoms with Gasteiger partial charge < -0.3 is 10.2 Å². The van der Waals surface area contributed by atoms with Crippen molar-refractivity contribution in [2.45, 2.75) is 0 Å². The number of rotatable bonds is 2. The van der Waals surface area contributed by atoms with Crippen LogP contribution in [0, 0.1) is 0 Å². The molecule has 1 heterocycles. The summed E-state index contributed by atoms with van der Waals surface area (Å²) in [6.45, 7) is 0. The van der Waals surface area contributed by atoms with Crippen LogP contribution in [0.4, 0.5) is 0 Å². The van der Waals surface area contributed by atoms with Crippen LogP contribution in [0.25, 0.3) is 22.6 Å². The molecule has 20 heavy (non-hydrogen) atoms. The van der Waals surface area contributed by atoms with Crippen molar-refractivity contribution in [3.05, 3.63) is 52.0 Å². The number of fused-ring (bicyclic) bond motifs is 1. The Bertz CT molecular complexity index is 827. The molecule has 3 rings (SSSR count). The minimum Gasteiger partial charge on any atom is -0.436 e. The number of benzene rings is 2. The van der Waals surface area contributed by atoms with Gasteiger partial charge in [0.05, 0.1) is 10.6 Å². The van der Waals surface area contributed by atoms with E-state index >= 15 is 0 Å². The van der Waals surface area contributed by atoms with Crippen LogP contribution in [0.5, 0.6) is 0 Å². The Morgan fingerprint density at radius 3 is 2.65 bits per heavy atom. The number of nitrogens with zero attached hydrogens (tertiary/aromatic N) is 1. The standard InChI is InChI=1S/C14H8Cl2N2O2/c15-8-2-3-9(10(16)6-8)14-18-11-5-7(13(17)19)1-4-12(11)20-14/h1-6H,(H2,17,19). The molecule has 0 spiro atoms. The average Bonchev–Trinajstić information content (AvgIpc) is 2.80. The summed E-state index contributed by atoms with van der Waals surface area (Å²) in [5.41, 5.74) is 7.33. The van der Waals surface area contributed by atoms with Gasteiger partial charge in [-0.25, -0.2) is 4.98 Å². The van der Waals surface area contributed by atoms with Gasteiger partial charge in [-0.2, -0.15) is 0 Å². The van der Waals surface area contributed by atoms with Gasteiger partial charge in [-0.1, -0.05) is 23.2 Å². The fourth-order valence-electron chi connectivity index (χ4n) is 1.86. The number of aromatic nitrogens is 1. The molecule has 2 aromatic carbocycles. The summed E-state index contributed by atoms with van der Waals surface area (Å²) in [5, 5.41) is 0.977. The van der Waals surface area contributed by atoms with Gasteiger partial charge in [0.1, 0.15) is 5.52 Å². The minimum atomic E-state index is -0.513. The third kappa shape index (κ3) is 2.24. The molecule has 0 saturated carbocycles. The Balaban J connectivity index is 2.15. The zero-order valence-corrected chi connectivity index (χ0v) is 11.6. The molecule has 1 aromatic heterocycles. The number of nitrogens with two attached hydrogens (primary N) is 1. The molecule has 0 unspecified atom stereocenters. The molecule has 0 saturated heterocycles. The topological polar surface area (TPSA) is 69.1 Å². The maximum atomic E-state index is 11.1. The summed E-state index contributed by atoms with van der Waals surface area (Å²) in [6, 6.07) is 9.85. The molecule has 6 heteroatoms. The van der Waals surface area contributed by atoms with Gasteiger partial charge in [-0.3, -0.25) is 4.79 Å². The molecule has 0 bridgehead atoms. The Morgan fingerprint density at radius 1 is 1.15 bits per heavy atom. The van der Waals surface area contributed by atoms with Crippen molar-refractivity contribution in [2.24, 2.45) is 5.73 Å². The Morgan fingerprint density at radius 2 is 1.95 bits per heavy atom. The SMILES string of the molecule is NC(=O)c1ccc2oc(-c3ccc(Cl)cc3Cl)nc2c1. The maximum Gasteiger partial charge on any atom is 0.248 e. The van der Waals surface area contributed by atoms with Crippen molar-refractivity contribution >= 4 is 40.2 Å². The number of carbonyl (C=O) groups is 1. The van der Waals surface area contributed by atoms with Crippen molar-refractivity contribution in [3.8, 4) is 11.5 Å². The van der Waals surface area contributed by atoms with E-state index in [1.807, 2.05) is 0 Å². The first kappa shape index (κ1) is 13.0. The molecule has 2 N–H and O–H groups in total. The van der Waals surface area contributed by atoms with Crippen molar-refractivity contribution < 1.29 is 9.21 Å². The van der Waals surface area contributed by atoms with Crippen LogP contribution < -0.4 is 5.73 Å². The van der Waals surface area contributed by atoms with Crippen LogP contribution in [0.15, 0.2) is 40.8 Å². The summed E-state index contributed by atoms with van der Waals surface area (Å²) in [4.78, 5) is 15.5. The lowest BCUT2D eigenvalue weighted by Gasteiger charge is -1.98. The Kier molecular flexibility index (Phi) is 3.12. The van der Waals surface area contributed by atoms with E-state index in [9.17, 15) is 4.79 Å². The number of amides is 1. The molecule has 100 valence electrons. The lowest BCUT2D eigenvalue weighted by atomic mass is 10.2. The summed E-state index contributed by atoms with van der Waals surface area (Å²) in [7, 11) is 0. The number of primary amides is 1. The molecule has 4 nitrogen and oxygen atoms in total. The van der Waals surface area contributed by atoms with Gasteiger partial charge in [0, 0.05) is 10.6 Å². The lowest BCUT2D eigenvalue weighted by Crippen LogP contribution is -2.10. The molecule has 0 aliphatic carbocycles. The first-order valence-corrected chi connectivity index (χ1v) is 6.46. The number of hydrogen-bond donors (Lipinski definition) is 1. The highest BCUT2D eigenvalue weighted by Crippen LogP contribution is 2.32. The van der Waals surface area contributed by atoms with Crippen LogP contribution in [-0.4, -0.2) is 10.9 Å². The minimum absolute atomic E-state index is 0.364. The van der Waals surface area contributed by atoms with Gasteiger partial charge in [0.15, 0.2) is 5.58 Å². The van der Waals surface area contributed by atoms with E-state index in [0.29, 0.717) is 38.2 Å². The molecule has 0 aliphatic heterocycles.